The van der Waals surface area contributed by atoms with Gasteiger partial charge < -0.3 is 44.2 Å². The number of thioether (sulfide) groups is 1. The zero-order chi connectivity index (χ0) is 38.8. The molecule has 3 unspecified atom stereocenters. The van der Waals surface area contributed by atoms with Crippen molar-refractivity contribution in [3.8, 4) is 40.6 Å². The number of carbonyl (C=O) groups excluding carboxylic acids is 2. The first-order valence-corrected chi connectivity index (χ1v) is 20.0. The molecule has 8 heterocycles. The smallest absolute Gasteiger partial charge is 0.333 e. The molecule has 14 nitrogen and oxygen atoms in total. The number of aryl methyl sites for hydroxylation is 1. The molecule has 0 radical (unpaired) electrons. The Bertz CT molecular complexity index is 2430. The van der Waals surface area contributed by atoms with Gasteiger partial charge in [0.15, 0.2) is 28.5 Å². The highest BCUT2D eigenvalue weighted by Gasteiger charge is 2.59. The Morgan fingerprint density at radius 2 is 1.93 bits per heavy atom. The van der Waals surface area contributed by atoms with Crippen LogP contribution in [-0.4, -0.2) is 83.0 Å². The number of nitrogens with zero attached hydrogens (tertiary/aromatic N) is 2. The van der Waals surface area contributed by atoms with Crippen LogP contribution in [0.5, 0.6) is 34.5 Å². The maximum atomic E-state index is 14.7. The summed E-state index contributed by atoms with van der Waals surface area (Å²) in [5.74, 6) is 1.14. The molecule has 5 N–H and O–H groups in total. The van der Waals surface area contributed by atoms with Crippen molar-refractivity contribution in [2.45, 2.75) is 81.0 Å². The van der Waals surface area contributed by atoms with Crippen LogP contribution in [0.25, 0.3) is 10.9 Å². The molecular formula is C41H41N5O9S. The van der Waals surface area contributed by atoms with Crippen molar-refractivity contribution >= 4 is 34.6 Å². The summed E-state index contributed by atoms with van der Waals surface area (Å²) in [6.07, 6.45) is 1.40. The Labute approximate surface area is 326 Å². The van der Waals surface area contributed by atoms with Crippen LogP contribution in [0.2, 0.25) is 0 Å². The molecule has 2 saturated heterocycles. The van der Waals surface area contributed by atoms with Gasteiger partial charge in [-0.3, -0.25) is 15.0 Å². The van der Waals surface area contributed by atoms with Crippen molar-refractivity contribution < 1.29 is 43.5 Å². The first kappa shape index (κ1) is 35.3. The van der Waals surface area contributed by atoms with Crippen molar-refractivity contribution in [2.75, 3.05) is 32.8 Å². The van der Waals surface area contributed by atoms with Crippen molar-refractivity contribution in [2.24, 2.45) is 0 Å². The molecule has 15 heteroatoms. The fourth-order valence-corrected chi connectivity index (χ4v) is 12.2. The minimum atomic E-state index is -1.33. The zero-order valence-corrected chi connectivity index (χ0v) is 32.1. The van der Waals surface area contributed by atoms with Crippen molar-refractivity contribution in [3.63, 3.8) is 0 Å². The fraction of sp³-hybridized carbons (Fsp3) is 0.439. The summed E-state index contributed by atoms with van der Waals surface area (Å²) in [7, 11) is 1.54. The molecule has 4 bridgehead atoms. The monoisotopic (exact) mass is 779 g/mol. The number of fused-ring (bicyclic) bond motifs is 12. The number of aromatic hydroxyl groups is 2. The summed E-state index contributed by atoms with van der Waals surface area (Å²) in [5, 5.41) is 41.2. The number of phenols is 2. The standard InChI is InChI=1S/C41H41N5O9S/c1-17-11-20-12-25-27(14-42)46-26-8-10-52-40(50)41(39-22(7-9-43-41)23-13-21(48)5-6-24(23)45-39)15-56-38(32(46)31(44-25)28(20)33(49)34(17)51-4)30-29(26)37-36(53-16-54-37)18(2)35(30)55-19(3)47/h5-6,11,13,25-27,31-32,38,43-45,48-49H,7-10,12,15-16H2,1-4H3/t25?,26-,27-,31?,32?,38+,41+/m0/s1. The second-order valence-electron chi connectivity index (χ2n) is 15.5. The number of hydrogen-bond donors (Lipinski definition) is 5. The lowest BCUT2D eigenvalue weighted by Crippen LogP contribution is -2.68. The number of ether oxygens (including phenoxy) is 5. The lowest BCUT2D eigenvalue weighted by molar-refractivity contribution is -0.152. The topological polar surface area (TPSA) is 188 Å². The Morgan fingerprint density at radius 1 is 1.11 bits per heavy atom. The summed E-state index contributed by atoms with van der Waals surface area (Å²) in [6, 6.07) is 7.32. The number of esters is 2. The van der Waals surface area contributed by atoms with E-state index in [9.17, 15) is 25.1 Å². The number of benzene rings is 3. The van der Waals surface area contributed by atoms with E-state index in [1.165, 1.54) is 25.8 Å². The van der Waals surface area contributed by atoms with E-state index in [0.717, 1.165) is 38.7 Å². The number of hydrogen-bond acceptors (Lipinski definition) is 14. The van der Waals surface area contributed by atoms with Gasteiger partial charge in [-0.2, -0.15) is 5.26 Å². The van der Waals surface area contributed by atoms with Gasteiger partial charge in [-0.1, -0.05) is 6.07 Å². The van der Waals surface area contributed by atoms with E-state index < -0.39 is 46.9 Å². The molecule has 2 fully saturated rings. The summed E-state index contributed by atoms with van der Waals surface area (Å²) < 4.78 is 30.5. The van der Waals surface area contributed by atoms with Gasteiger partial charge in [-0.05, 0) is 61.6 Å². The van der Waals surface area contributed by atoms with Crippen LogP contribution in [0.3, 0.4) is 0 Å². The van der Waals surface area contributed by atoms with Crippen LogP contribution in [0.1, 0.15) is 75.3 Å². The van der Waals surface area contributed by atoms with Gasteiger partial charge in [0.2, 0.25) is 6.79 Å². The predicted molar refractivity (Wildman–Crippen MR) is 203 cm³/mol. The van der Waals surface area contributed by atoms with Crippen LogP contribution in [0.15, 0.2) is 24.3 Å². The quantitative estimate of drug-likeness (QED) is 0.141. The molecule has 7 atom stereocenters. The van der Waals surface area contributed by atoms with Crippen LogP contribution >= 0.6 is 11.8 Å². The van der Waals surface area contributed by atoms with E-state index in [4.69, 9.17) is 23.7 Å². The molecule has 290 valence electrons. The third kappa shape index (κ3) is 4.79. The van der Waals surface area contributed by atoms with Gasteiger partial charge in [0, 0.05) is 76.9 Å². The maximum Gasteiger partial charge on any atom is 0.333 e. The van der Waals surface area contributed by atoms with E-state index in [1.807, 2.05) is 26.0 Å². The molecule has 4 aromatic rings. The van der Waals surface area contributed by atoms with Gasteiger partial charge in [-0.15, -0.1) is 11.8 Å². The van der Waals surface area contributed by atoms with Crippen LogP contribution in [0.4, 0.5) is 0 Å². The molecular weight excluding hydrogens is 739 g/mol. The number of aromatic amines is 1. The molecule has 0 saturated carbocycles. The fourth-order valence-electron chi connectivity index (χ4n) is 10.5. The minimum Gasteiger partial charge on any atom is -0.508 e. The van der Waals surface area contributed by atoms with Gasteiger partial charge in [-0.25, -0.2) is 4.79 Å². The van der Waals surface area contributed by atoms with Gasteiger partial charge >= 0.3 is 11.9 Å². The maximum absolute atomic E-state index is 14.7. The average Bonchev–Trinajstić information content (AvgIpc) is 3.81. The molecule has 1 aromatic heterocycles. The van der Waals surface area contributed by atoms with E-state index in [1.54, 1.807) is 12.1 Å². The largest absolute Gasteiger partial charge is 0.508 e. The van der Waals surface area contributed by atoms with Gasteiger partial charge in [0.1, 0.15) is 17.5 Å². The Kier molecular flexibility index (Phi) is 7.99. The lowest BCUT2D eigenvalue weighted by Gasteiger charge is -2.59. The highest BCUT2D eigenvalue weighted by molar-refractivity contribution is 7.99. The van der Waals surface area contributed by atoms with E-state index in [0.29, 0.717) is 59.2 Å². The van der Waals surface area contributed by atoms with Crippen LogP contribution in [0, 0.1) is 25.2 Å². The lowest BCUT2D eigenvalue weighted by atomic mass is 9.72. The van der Waals surface area contributed by atoms with E-state index >= 15 is 0 Å². The van der Waals surface area contributed by atoms with E-state index in [-0.39, 0.29) is 43.1 Å². The summed E-state index contributed by atoms with van der Waals surface area (Å²) >= 11 is 1.50. The number of carbonyl (C=O) groups is 2. The molecule has 11 rings (SSSR count). The molecule has 3 aromatic carbocycles. The van der Waals surface area contributed by atoms with Crippen LogP contribution in [-0.2, 0) is 32.7 Å². The summed E-state index contributed by atoms with van der Waals surface area (Å²) in [6.45, 7) is 5.56. The zero-order valence-electron chi connectivity index (χ0n) is 31.3. The second-order valence-corrected chi connectivity index (χ2v) is 16.6. The molecule has 0 amide bonds. The molecule has 7 aliphatic rings. The predicted octanol–water partition coefficient (Wildman–Crippen LogP) is 4.51. The highest BCUT2D eigenvalue weighted by Crippen LogP contribution is 2.63. The SMILES string of the molecule is COc1c(C)cc2c(c1O)C1NC(C2)[C@H](C#N)N2C1[C@@H]1SC[C@]3(NCCc4c3[nH]c3ccc(O)cc43)C(=O)OCC[C@H]2c2c3c(c(C)c(OC(C)=O)c21)OCO3. The molecule has 0 aliphatic carbocycles. The molecule has 1 spiro atoms. The van der Waals surface area contributed by atoms with Crippen molar-refractivity contribution in [1.29, 1.82) is 5.26 Å². The first-order valence-electron chi connectivity index (χ1n) is 18.9. The third-order valence-corrected chi connectivity index (χ3v) is 14.1. The van der Waals surface area contributed by atoms with Gasteiger partial charge in [0.25, 0.3) is 0 Å². The Morgan fingerprint density at radius 3 is 2.71 bits per heavy atom. The van der Waals surface area contributed by atoms with Gasteiger partial charge in [0.05, 0.1) is 36.8 Å². The van der Waals surface area contributed by atoms with Crippen molar-refractivity contribution in [3.05, 3.63) is 68.9 Å². The molecule has 7 aliphatic heterocycles. The number of methoxy groups -OCH3 is 1. The summed E-state index contributed by atoms with van der Waals surface area (Å²) in [4.78, 5) is 33.4. The van der Waals surface area contributed by atoms with Crippen molar-refractivity contribution in [1.82, 2.24) is 20.5 Å². The average molecular weight is 780 g/mol. The number of aromatic nitrogens is 1. The first-order chi connectivity index (χ1) is 27.1. The Hall–Kier alpha value is -5.14. The number of phenolic OH excluding ortho intramolecular Hbond substituents is 2. The number of nitriles is 1. The third-order valence-electron chi connectivity index (χ3n) is 12.6. The number of nitrogens with one attached hydrogen (secondary N) is 3. The van der Waals surface area contributed by atoms with Crippen LogP contribution < -0.4 is 29.6 Å². The number of rotatable bonds is 2. The second kappa shape index (κ2) is 12.7. The minimum absolute atomic E-state index is 0.00342. The Balaban J connectivity index is 1.24. The molecule has 56 heavy (non-hydrogen) atoms. The number of piperazine rings is 1. The highest BCUT2D eigenvalue weighted by atomic mass is 32.2. The number of H-pyrrole nitrogens is 1. The van der Waals surface area contributed by atoms with E-state index in [2.05, 4.69) is 26.6 Å². The normalized spacial score (nSPS) is 28.7. The summed E-state index contributed by atoms with van der Waals surface area (Å²) in [5.41, 5.74) is 5.55.